The molecule has 0 aliphatic carbocycles. The Bertz CT molecular complexity index is 1100. The SMILES string of the molecule is COc1ccc(-c2cc(=O)c3c(OC)c(CO)c(CO)c(OC)c3o2)cc1OC. The summed E-state index contributed by atoms with van der Waals surface area (Å²) in [5, 5.41) is 19.7. The minimum absolute atomic E-state index is 0.114. The van der Waals surface area contributed by atoms with E-state index in [2.05, 4.69) is 0 Å². The molecule has 3 rings (SSSR count). The summed E-state index contributed by atoms with van der Waals surface area (Å²) >= 11 is 0. The summed E-state index contributed by atoms with van der Waals surface area (Å²) in [6, 6.07) is 6.43. The van der Waals surface area contributed by atoms with Gasteiger partial charge < -0.3 is 33.6 Å². The van der Waals surface area contributed by atoms with E-state index in [4.69, 9.17) is 23.4 Å². The first-order valence-corrected chi connectivity index (χ1v) is 8.72. The maximum atomic E-state index is 13.0. The molecule has 1 heterocycles. The van der Waals surface area contributed by atoms with Gasteiger partial charge in [0.2, 0.25) is 0 Å². The smallest absolute Gasteiger partial charge is 0.197 e. The number of hydrogen-bond acceptors (Lipinski definition) is 8. The molecule has 0 bridgehead atoms. The summed E-state index contributed by atoms with van der Waals surface area (Å²) in [6.45, 7) is -0.877. The van der Waals surface area contributed by atoms with E-state index in [1.807, 2.05) is 0 Å². The lowest BCUT2D eigenvalue weighted by molar-refractivity contribution is 0.248. The largest absolute Gasteiger partial charge is 0.495 e. The number of aliphatic hydroxyl groups is 2. The Morgan fingerprint density at radius 2 is 1.45 bits per heavy atom. The molecule has 0 amide bonds. The lowest BCUT2D eigenvalue weighted by Crippen LogP contribution is -2.09. The van der Waals surface area contributed by atoms with Crippen LogP contribution >= 0.6 is 0 Å². The molecule has 2 aromatic carbocycles. The van der Waals surface area contributed by atoms with Crippen molar-refractivity contribution in [3.63, 3.8) is 0 Å². The van der Waals surface area contributed by atoms with E-state index >= 15 is 0 Å². The molecule has 0 saturated carbocycles. The van der Waals surface area contributed by atoms with Crippen LogP contribution in [0.5, 0.6) is 23.0 Å². The van der Waals surface area contributed by atoms with Crippen LogP contribution in [-0.4, -0.2) is 38.7 Å². The van der Waals surface area contributed by atoms with E-state index in [9.17, 15) is 15.0 Å². The van der Waals surface area contributed by atoms with Crippen LogP contribution in [0.15, 0.2) is 33.5 Å². The van der Waals surface area contributed by atoms with Crippen molar-refractivity contribution in [2.24, 2.45) is 0 Å². The van der Waals surface area contributed by atoms with Gasteiger partial charge in [-0.25, -0.2) is 0 Å². The summed E-state index contributed by atoms with van der Waals surface area (Å²) in [5.74, 6) is 1.58. The van der Waals surface area contributed by atoms with Gasteiger partial charge in [-0.2, -0.15) is 0 Å². The zero-order chi connectivity index (χ0) is 21.1. The Kier molecular flexibility index (Phi) is 5.95. The van der Waals surface area contributed by atoms with Gasteiger partial charge in [-0.15, -0.1) is 0 Å². The summed E-state index contributed by atoms with van der Waals surface area (Å²) in [5.41, 5.74) is 0.866. The number of aliphatic hydroxyl groups excluding tert-OH is 2. The first-order valence-electron chi connectivity index (χ1n) is 8.72. The minimum Gasteiger partial charge on any atom is -0.495 e. The van der Waals surface area contributed by atoms with E-state index < -0.39 is 13.2 Å². The third-order valence-corrected chi connectivity index (χ3v) is 4.69. The van der Waals surface area contributed by atoms with Crippen LogP contribution in [0.2, 0.25) is 0 Å². The second kappa shape index (κ2) is 8.42. The molecular weight excluding hydrogens is 380 g/mol. The molecule has 154 valence electrons. The Balaban J connectivity index is 2.38. The fraction of sp³-hybridized carbons (Fsp3) is 0.286. The van der Waals surface area contributed by atoms with Crippen LogP contribution < -0.4 is 24.4 Å². The lowest BCUT2D eigenvalue weighted by atomic mass is 10.0. The first kappa shape index (κ1) is 20.5. The molecular formula is C21H22O8. The van der Waals surface area contributed by atoms with Gasteiger partial charge in [-0.3, -0.25) is 4.79 Å². The van der Waals surface area contributed by atoms with Crippen molar-refractivity contribution in [3.8, 4) is 34.3 Å². The highest BCUT2D eigenvalue weighted by molar-refractivity contribution is 5.92. The molecule has 8 nitrogen and oxygen atoms in total. The summed E-state index contributed by atoms with van der Waals surface area (Å²) in [6.07, 6.45) is 0. The Hall–Kier alpha value is -3.23. The number of hydrogen-bond donors (Lipinski definition) is 2. The maximum absolute atomic E-state index is 13.0. The highest BCUT2D eigenvalue weighted by atomic mass is 16.5. The lowest BCUT2D eigenvalue weighted by Gasteiger charge is -2.18. The molecule has 0 radical (unpaired) electrons. The normalized spacial score (nSPS) is 10.8. The van der Waals surface area contributed by atoms with Gasteiger partial charge in [0.25, 0.3) is 0 Å². The Labute approximate surface area is 166 Å². The van der Waals surface area contributed by atoms with Crippen molar-refractivity contribution in [2.45, 2.75) is 13.2 Å². The molecule has 3 aromatic rings. The molecule has 0 aliphatic rings. The van der Waals surface area contributed by atoms with E-state index in [1.165, 1.54) is 34.5 Å². The number of rotatable bonds is 7. The molecule has 0 atom stereocenters. The maximum Gasteiger partial charge on any atom is 0.197 e. The predicted molar refractivity (Wildman–Crippen MR) is 106 cm³/mol. The van der Waals surface area contributed by atoms with Gasteiger partial charge in [0.05, 0.1) is 41.7 Å². The fourth-order valence-corrected chi connectivity index (χ4v) is 3.34. The number of ether oxygens (including phenoxy) is 4. The monoisotopic (exact) mass is 402 g/mol. The van der Waals surface area contributed by atoms with Crippen LogP contribution in [-0.2, 0) is 13.2 Å². The Morgan fingerprint density at radius 3 is 2.00 bits per heavy atom. The van der Waals surface area contributed by atoms with Crippen molar-refractivity contribution >= 4 is 11.0 Å². The molecule has 1 aromatic heterocycles. The molecule has 2 N–H and O–H groups in total. The molecule has 29 heavy (non-hydrogen) atoms. The average Bonchev–Trinajstić information content (AvgIpc) is 2.76. The van der Waals surface area contributed by atoms with Crippen molar-refractivity contribution in [3.05, 3.63) is 45.6 Å². The Morgan fingerprint density at radius 1 is 0.828 bits per heavy atom. The first-order chi connectivity index (χ1) is 14.0. The highest BCUT2D eigenvalue weighted by Crippen LogP contribution is 2.41. The topological polar surface area (TPSA) is 108 Å². The van der Waals surface area contributed by atoms with Crippen molar-refractivity contribution in [1.29, 1.82) is 0 Å². The number of fused-ring (bicyclic) bond motifs is 1. The summed E-state index contributed by atoms with van der Waals surface area (Å²) < 4.78 is 27.3. The molecule has 0 spiro atoms. The third-order valence-electron chi connectivity index (χ3n) is 4.69. The summed E-state index contributed by atoms with van der Waals surface area (Å²) in [4.78, 5) is 13.0. The minimum atomic E-state index is -0.442. The van der Waals surface area contributed by atoms with Crippen LogP contribution in [0.4, 0.5) is 0 Å². The fourth-order valence-electron chi connectivity index (χ4n) is 3.34. The van der Waals surface area contributed by atoms with Gasteiger partial charge in [-0.1, -0.05) is 0 Å². The predicted octanol–water partition coefficient (Wildman–Crippen LogP) is 2.48. The standard InChI is InChI=1S/C21H22O8/c1-25-15-6-5-11(7-17(15)26-2)16-8-14(24)18-19(27-3)12(9-22)13(10-23)20(28-4)21(18)29-16/h5-8,22-23H,9-10H2,1-4H3. The van der Waals surface area contributed by atoms with Crippen LogP contribution in [0.25, 0.3) is 22.3 Å². The van der Waals surface area contributed by atoms with Crippen LogP contribution in [0.3, 0.4) is 0 Å². The number of methoxy groups -OCH3 is 4. The van der Waals surface area contributed by atoms with Gasteiger partial charge in [0.15, 0.2) is 28.3 Å². The zero-order valence-electron chi connectivity index (χ0n) is 16.6. The van der Waals surface area contributed by atoms with E-state index in [0.717, 1.165) is 0 Å². The van der Waals surface area contributed by atoms with Gasteiger partial charge in [0.1, 0.15) is 16.9 Å². The van der Waals surface area contributed by atoms with Crippen molar-refractivity contribution in [1.82, 2.24) is 0 Å². The van der Waals surface area contributed by atoms with E-state index in [0.29, 0.717) is 17.1 Å². The second-order valence-electron chi connectivity index (χ2n) is 6.09. The van der Waals surface area contributed by atoms with Gasteiger partial charge in [-0.05, 0) is 18.2 Å². The summed E-state index contributed by atoms with van der Waals surface area (Å²) in [7, 11) is 5.81. The van der Waals surface area contributed by atoms with Crippen LogP contribution in [0.1, 0.15) is 11.1 Å². The van der Waals surface area contributed by atoms with Gasteiger partial charge in [0, 0.05) is 22.8 Å². The quantitative estimate of drug-likeness (QED) is 0.621. The molecule has 0 unspecified atom stereocenters. The number of benzene rings is 2. The molecule has 8 heteroatoms. The second-order valence-corrected chi connectivity index (χ2v) is 6.09. The van der Waals surface area contributed by atoms with Crippen molar-refractivity contribution in [2.75, 3.05) is 28.4 Å². The molecule has 0 saturated heterocycles. The highest BCUT2D eigenvalue weighted by Gasteiger charge is 2.25. The van der Waals surface area contributed by atoms with E-state index in [1.54, 1.807) is 18.2 Å². The molecule has 0 fully saturated rings. The zero-order valence-corrected chi connectivity index (χ0v) is 16.6. The molecule has 0 aliphatic heterocycles. The van der Waals surface area contributed by atoms with E-state index in [-0.39, 0.29) is 44.8 Å². The average molecular weight is 402 g/mol. The van der Waals surface area contributed by atoms with Gasteiger partial charge >= 0.3 is 0 Å². The van der Waals surface area contributed by atoms with Crippen LogP contribution in [0, 0.1) is 0 Å². The third kappa shape index (κ3) is 3.37. The van der Waals surface area contributed by atoms with Crippen molar-refractivity contribution < 1.29 is 33.6 Å².